The van der Waals surface area contributed by atoms with Gasteiger partial charge >= 0.3 is 99.1 Å². The number of benzene rings is 1. The van der Waals surface area contributed by atoms with E-state index in [-0.39, 0.29) is 5.56 Å². The molecule has 1 aromatic rings. The van der Waals surface area contributed by atoms with E-state index in [9.17, 15) is 5.11 Å². The van der Waals surface area contributed by atoms with E-state index < -0.39 is 21.3 Å². The molecule has 1 aromatic carbocycles. The SMILES string of the molecule is OC(c1ccc(OP(P)P)cc1)[PH](O)(O)O. The molecular weight excluding hydrogens is 288 g/mol. The van der Waals surface area contributed by atoms with Crippen LogP contribution in [-0.4, -0.2) is 19.8 Å². The molecule has 4 N–H and O–H groups in total. The van der Waals surface area contributed by atoms with Gasteiger partial charge in [0.25, 0.3) is 0 Å². The molecule has 0 aliphatic carbocycles. The summed E-state index contributed by atoms with van der Waals surface area (Å²) in [6, 6.07) is 6.11. The molecule has 0 fully saturated rings. The van der Waals surface area contributed by atoms with Gasteiger partial charge in [0.05, 0.1) is 0 Å². The van der Waals surface area contributed by atoms with Gasteiger partial charge in [0, 0.05) is 0 Å². The van der Waals surface area contributed by atoms with Gasteiger partial charge in [-0.1, -0.05) is 0 Å². The molecule has 0 radical (unpaired) electrons. The second-order valence-corrected chi connectivity index (χ2v) is 10.8. The van der Waals surface area contributed by atoms with Gasteiger partial charge in [-0.3, -0.25) is 0 Å². The number of hydrogen-bond acceptors (Lipinski definition) is 5. The van der Waals surface area contributed by atoms with Crippen molar-refractivity contribution >= 4 is 33.3 Å². The molecule has 1 rings (SSSR count). The molecule has 0 spiro atoms. The van der Waals surface area contributed by atoms with Crippen LogP contribution in [0.3, 0.4) is 0 Å². The van der Waals surface area contributed by atoms with E-state index in [1.165, 1.54) is 12.1 Å². The number of hydrogen-bond donors (Lipinski definition) is 4. The molecule has 0 saturated carbocycles. The van der Waals surface area contributed by atoms with Crippen molar-refractivity contribution < 1.29 is 24.3 Å². The maximum absolute atomic E-state index is 9.40. The van der Waals surface area contributed by atoms with Crippen LogP contribution in [0, 0.1) is 0 Å². The fourth-order valence-electron chi connectivity index (χ4n) is 1.06. The van der Waals surface area contributed by atoms with Gasteiger partial charge in [-0.15, -0.1) is 0 Å². The first-order valence-electron chi connectivity index (χ1n) is 4.23. The zero-order chi connectivity index (χ0) is 12.3. The van der Waals surface area contributed by atoms with E-state index in [4.69, 9.17) is 19.2 Å². The molecule has 92 valence electrons. The summed E-state index contributed by atoms with van der Waals surface area (Å²) in [6.45, 7) is 0. The molecule has 0 amide bonds. The zero-order valence-corrected chi connectivity index (χ0v) is 12.4. The van der Waals surface area contributed by atoms with E-state index >= 15 is 0 Å². The van der Waals surface area contributed by atoms with E-state index in [2.05, 4.69) is 17.9 Å². The summed E-state index contributed by atoms with van der Waals surface area (Å²) < 4.78 is 5.37. The third-order valence-corrected chi connectivity index (χ3v) is 3.89. The Hall–Kier alpha value is 0.580. The first kappa shape index (κ1) is 14.6. The predicted molar refractivity (Wildman–Crippen MR) is 73.3 cm³/mol. The molecular formula is C7H14O5P4. The van der Waals surface area contributed by atoms with Crippen LogP contribution in [0.25, 0.3) is 0 Å². The van der Waals surface area contributed by atoms with Crippen molar-refractivity contribution in [1.82, 2.24) is 0 Å². The Morgan fingerprint density at radius 1 is 1.12 bits per heavy atom. The topological polar surface area (TPSA) is 90.2 Å². The third-order valence-electron chi connectivity index (χ3n) is 1.77. The number of rotatable bonds is 4. The van der Waals surface area contributed by atoms with Crippen molar-refractivity contribution in [2.45, 2.75) is 5.85 Å². The van der Waals surface area contributed by atoms with Gasteiger partial charge in [-0.2, -0.15) is 0 Å². The van der Waals surface area contributed by atoms with Gasteiger partial charge in [0.15, 0.2) is 0 Å². The van der Waals surface area contributed by atoms with Crippen molar-refractivity contribution in [3.05, 3.63) is 29.8 Å². The molecule has 0 saturated heterocycles. The fourth-order valence-corrected chi connectivity index (χ4v) is 2.79. The molecule has 3 unspecified atom stereocenters. The van der Waals surface area contributed by atoms with Gasteiger partial charge in [-0.05, 0) is 0 Å². The van der Waals surface area contributed by atoms with Crippen LogP contribution in [0.4, 0.5) is 0 Å². The minimum atomic E-state index is -4.54. The summed E-state index contributed by atoms with van der Waals surface area (Å²) in [6.07, 6.45) is 0. The van der Waals surface area contributed by atoms with E-state index in [1.54, 1.807) is 12.1 Å². The Labute approximate surface area is 99.5 Å². The van der Waals surface area contributed by atoms with Gasteiger partial charge in [0.2, 0.25) is 0 Å². The van der Waals surface area contributed by atoms with Crippen molar-refractivity contribution in [1.29, 1.82) is 0 Å². The second-order valence-electron chi connectivity index (χ2n) is 3.11. The van der Waals surface area contributed by atoms with Gasteiger partial charge in [-0.25, -0.2) is 0 Å². The van der Waals surface area contributed by atoms with Crippen LogP contribution in [0.5, 0.6) is 5.75 Å². The Balaban J connectivity index is 2.79. The van der Waals surface area contributed by atoms with Gasteiger partial charge in [0.1, 0.15) is 0 Å². The zero-order valence-electron chi connectivity index (χ0n) is 8.19. The molecule has 3 atom stereocenters. The van der Waals surface area contributed by atoms with Crippen LogP contribution in [0.1, 0.15) is 11.4 Å². The molecule has 5 nitrogen and oxygen atoms in total. The first-order valence-corrected chi connectivity index (χ1v) is 10.6. The summed E-state index contributed by atoms with van der Waals surface area (Å²) in [4.78, 5) is 26.8. The summed E-state index contributed by atoms with van der Waals surface area (Å²) >= 11 is 0. The van der Waals surface area contributed by atoms with Crippen LogP contribution < -0.4 is 4.52 Å². The molecule has 0 aliphatic heterocycles. The van der Waals surface area contributed by atoms with Crippen LogP contribution in [-0.2, 0) is 0 Å². The van der Waals surface area contributed by atoms with Crippen molar-refractivity contribution in [3.63, 3.8) is 0 Å². The predicted octanol–water partition coefficient (Wildman–Crippen LogP) is 1.51. The Morgan fingerprint density at radius 3 is 2.00 bits per heavy atom. The standard InChI is InChI=1S/C7H14O5P4/c8-7(16(9,10)11)5-1-3-6(4-2-5)12-15(13)14/h1-4,7-11,16H,13-14H2. The van der Waals surface area contributed by atoms with E-state index in [1.807, 2.05) is 0 Å². The van der Waals surface area contributed by atoms with Gasteiger partial charge < -0.3 is 0 Å². The van der Waals surface area contributed by atoms with Crippen molar-refractivity contribution in [2.24, 2.45) is 0 Å². The summed E-state index contributed by atoms with van der Waals surface area (Å²) in [7, 11) is -0.234. The Morgan fingerprint density at radius 2 is 1.62 bits per heavy atom. The average Bonchev–Trinajstić information content (AvgIpc) is 2.15. The first-order chi connectivity index (χ1) is 7.30. The van der Waals surface area contributed by atoms with Crippen molar-refractivity contribution in [2.75, 3.05) is 0 Å². The molecule has 0 aromatic heterocycles. The summed E-state index contributed by atoms with van der Waals surface area (Å²) in [5.74, 6) is -1.04. The van der Waals surface area contributed by atoms with Crippen molar-refractivity contribution in [3.8, 4) is 5.75 Å². The van der Waals surface area contributed by atoms with Crippen LogP contribution in [0.15, 0.2) is 24.3 Å². The number of aliphatic hydroxyl groups excluding tert-OH is 1. The maximum atomic E-state index is 9.40. The Kier molecular flexibility index (Phi) is 5.45. The van der Waals surface area contributed by atoms with Crippen LogP contribution >= 0.6 is 33.3 Å². The normalized spacial score (nSPS) is 14.9. The van der Waals surface area contributed by atoms with Crippen LogP contribution in [0.2, 0.25) is 0 Å². The molecule has 0 aliphatic rings. The minimum absolute atomic E-state index is 0.239. The fraction of sp³-hybridized carbons (Fsp3) is 0.143. The number of aliphatic hydroxyl groups is 1. The monoisotopic (exact) mass is 302 g/mol. The average molecular weight is 302 g/mol. The quantitative estimate of drug-likeness (QED) is 0.633. The molecule has 0 bridgehead atoms. The second kappa shape index (κ2) is 5.96. The van der Waals surface area contributed by atoms with E-state index in [0.29, 0.717) is 5.75 Å². The third kappa shape index (κ3) is 4.45. The summed E-state index contributed by atoms with van der Waals surface area (Å²) in [5.41, 5.74) is 0.239. The summed E-state index contributed by atoms with van der Waals surface area (Å²) in [5, 5.41) is 9.40. The molecule has 16 heavy (non-hydrogen) atoms. The van der Waals surface area contributed by atoms with E-state index in [0.717, 1.165) is 0 Å². The molecule has 0 heterocycles. The Bertz CT molecular complexity index is 336. The molecule has 9 heteroatoms.